The number of nitriles is 1. The maximum atomic E-state index is 11.0. The van der Waals surface area contributed by atoms with E-state index in [1.54, 1.807) is 30.1 Å². The Morgan fingerprint density at radius 3 is 2.65 bits per heavy atom. The monoisotopic (exact) mass is 324 g/mol. The van der Waals surface area contributed by atoms with Crippen molar-refractivity contribution in [3.8, 4) is 17.2 Å². The summed E-state index contributed by atoms with van der Waals surface area (Å²) in [6, 6.07) is 11.5. The summed E-state index contributed by atoms with van der Waals surface area (Å²) in [5.41, 5.74) is 2.63. The highest BCUT2D eigenvalue weighted by atomic mass is 32.2. The molecule has 0 aliphatic heterocycles. The minimum absolute atomic E-state index is 0.0400. The lowest BCUT2D eigenvalue weighted by atomic mass is 10.1. The van der Waals surface area contributed by atoms with E-state index < -0.39 is 5.97 Å². The summed E-state index contributed by atoms with van der Waals surface area (Å²) in [6.07, 6.45) is 5.80. The summed E-state index contributed by atoms with van der Waals surface area (Å²) < 4.78 is 0. The molecule has 1 aromatic carbocycles. The molecule has 4 nitrogen and oxygen atoms in total. The first-order valence-corrected chi connectivity index (χ1v) is 8.40. The van der Waals surface area contributed by atoms with Crippen LogP contribution in [0.15, 0.2) is 47.6 Å². The summed E-state index contributed by atoms with van der Waals surface area (Å²) in [4.78, 5) is 16.3. The number of carboxylic acid groups (broad SMARTS) is 1. The zero-order chi connectivity index (χ0) is 16.3. The molecule has 0 atom stereocenters. The molecule has 1 saturated carbocycles. The fourth-order valence-electron chi connectivity index (χ4n) is 2.55. The molecule has 0 spiro atoms. The first-order valence-electron chi connectivity index (χ1n) is 7.41. The van der Waals surface area contributed by atoms with Crippen LogP contribution in [0.3, 0.4) is 0 Å². The maximum absolute atomic E-state index is 11.0. The number of nitrogens with zero attached hydrogens (tertiary/aromatic N) is 2. The molecule has 3 rings (SSSR count). The van der Waals surface area contributed by atoms with Crippen molar-refractivity contribution < 1.29 is 9.90 Å². The molecule has 1 aliphatic rings. The Morgan fingerprint density at radius 2 is 2.04 bits per heavy atom. The van der Waals surface area contributed by atoms with Gasteiger partial charge in [-0.2, -0.15) is 5.26 Å². The smallest absolute Gasteiger partial charge is 0.303 e. The summed E-state index contributed by atoms with van der Waals surface area (Å²) in [5.74, 6) is 0.0946. The van der Waals surface area contributed by atoms with Gasteiger partial charge in [-0.15, -0.1) is 11.8 Å². The van der Waals surface area contributed by atoms with Gasteiger partial charge in [-0.05, 0) is 42.0 Å². The molecule has 0 unspecified atom stereocenters. The van der Waals surface area contributed by atoms with Gasteiger partial charge < -0.3 is 5.11 Å². The number of aliphatic carboxylic acids is 1. The number of thioether (sulfide) groups is 1. The summed E-state index contributed by atoms with van der Waals surface area (Å²) in [6.45, 7) is 0. The average molecular weight is 324 g/mol. The number of carboxylic acids is 1. The van der Waals surface area contributed by atoms with E-state index in [1.807, 2.05) is 24.4 Å². The zero-order valence-electron chi connectivity index (χ0n) is 12.5. The topological polar surface area (TPSA) is 74.0 Å². The van der Waals surface area contributed by atoms with Gasteiger partial charge in [-0.25, -0.2) is 0 Å². The van der Waals surface area contributed by atoms with Crippen molar-refractivity contribution in [3.05, 3.63) is 48.3 Å². The molecule has 0 saturated heterocycles. The molecule has 116 valence electrons. The van der Waals surface area contributed by atoms with Crippen LogP contribution in [0.5, 0.6) is 0 Å². The second-order valence-corrected chi connectivity index (χ2v) is 6.94. The predicted octanol–water partition coefficient (Wildman–Crippen LogP) is 3.97. The highest BCUT2D eigenvalue weighted by molar-refractivity contribution is 7.99. The summed E-state index contributed by atoms with van der Waals surface area (Å²) in [5, 5.41) is 17.9. The lowest BCUT2D eigenvalue weighted by molar-refractivity contribution is -0.138. The van der Waals surface area contributed by atoms with Crippen molar-refractivity contribution >= 4 is 17.7 Å². The zero-order valence-corrected chi connectivity index (χ0v) is 13.3. The number of hydrogen-bond donors (Lipinski definition) is 1. The molecule has 1 aliphatic carbocycles. The third-order valence-electron chi connectivity index (χ3n) is 4.12. The second kappa shape index (κ2) is 6.43. The number of pyridine rings is 1. The second-order valence-electron chi connectivity index (χ2n) is 5.92. The van der Waals surface area contributed by atoms with E-state index in [0.717, 1.165) is 34.6 Å². The maximum Gasteiger partial charge on any atom is 0.303 e. The number of rotatable bonds is 6. The van der Waals surface area contributed by atoms with Gasteiger partial charge in [0, 0.05) is 28.6 Å². The van der Waals surface area contributed by atoms with E-state index in [2.05, 4.69) is 11.1 Å². The third kappa shape index (κ3) is 3.72. The first kappa shape index (κ1) is 15.6. The summed E-state index contributed by atoms with van der Waals surface area (Å²) >= 11 is 1.69. The minimum atomic E-state index is -0.717. The van der Waals surface area contributed by atoms with Crippen LogP contribution >= 0.6 is 11.8 Å². The normalized spacial score (nSPS) is 14.9. The first-order chi connectivity index (χ1) is 11.1. The van der Waals surface area contributed by atoms with E-state index in [1.165, 1.54) is 0 Å². The van der Waals surface area contributed by atoms with Gasteiger partial charge in [0.05, 0.1) is 18.1 Å². The molecule has 0 radical (unpaired) electrons. The molecule has 1 N–H and O–H groups in total. The number of hydrogen-bond acceptors (Lipinski definition) is 4. The van der Waals surface area contributed by atoms with Crippen LogP contribution in [0, 0.1) is 16.7 Å². The summed E-state index contributed by atoms with van der Waals surface area (Å²) in [7, 11) is 0. The molecule has 2 aromatic rings. The van der Waals surface area contributed by atoms with Crippen molar-refractivity contribution in [3.63, 3.8) is 0 Å². The van der Waals surface area contributed by atoms with Crippen LogP contribution in [0.4, 0.5) is 0 Å². The Labute approximate surface area is 139 Å². The van der Waals surface area contributed by atoms with Crippen LogP contribution in [-0.2, 0) is 4.79 Å². The molecule has 1 aromatic heterocycles. The van der Waals surface area contributed by atoms with Crippen molar-refractivity contribution in [1.29, 1.82) is 5.26 Å². The largest absolute Gasteiger partial charge is 0.481 e. The van der Waals surface area contributed by atoms with Crippen molar-refractivity contribution in [2.75, 3.05) is 5.75 Å². The fraction of sp³-hybridized carbons (Fsp3) is 0.278. The third-order valence-corrected chi connectivity index (χ3v) is 5.55. The Balaban J connectivity index is 1.78. The lowest BCUT2D eigenvalue weighted by Gasteiger charge is -2.14. The quantitative estimate of drug-likeness (QED) is 0.814. The Morgan fingerprint density at radius 1 is 1.30 bits per heavy atom. The van der Waals surface area contributed by atoms with Crippen molar-refractivity contribution in [2.24, 2.45) is 5.41 Å². The standard InChI is InChI=1S/C18H16N2O2S/c19-10-13-1-3-14(4-2-13)15-11-20-8-5-16(15)23-12-18(6-7-18)9-17(21)22/h1-5,8,11H,6-7,9,12H2,(H,21,22). The molecule has 5 heteroatoms. The van der Waals surface area contributed by atoms with Gasteiger partial charge in [-0.3, -0.25) is 9.78 Å². The SMILES string of the molecule is N#Cc1ccc(-c2cnccc2SCC2(CC(=O)O)CC2)cc1. The van der Waals surface area contributed by atoms with E-state index in [4.69, 9.17) is 10.4 Å². The Hall–Kier alpha value is -2.32. The molecule has 0 amide bonds. The van der Waals surface area contributed by atoms with Crippen molar-refractivity contribution in [2.45, 2.75) is 24.2 Å². The average Bonchev–Trinajstić information content (AvgIpc) is 3.32. The van der Waals surface area contributed by atoms with Crippen LogP contribution in [0.25, 0.3) is 11.1 Å². The van der Waals surface area contributed by atoms with E-state index >= 15 is 0 Å². The van der Waals surface area contributed by atoms with Crippen LogP contribution in [0.1, 0.15) is 24.8 Å². The Kier molecular flexibility index (Phi) is 4.35. The molecule has 1 fully saturated rings. The van der Waals surface area contributed by atoms with Gasteiger partial charge in [0.25, 0.3) is 0 Å². The number of aromatic nitrogens is 1. The molecule has 23 heavy (non-hydrogen) atoms. The molecule has 1 heterocycles. The van der Waals surface area contributed by atoms with Crippen LogP contribution in [0.2, 0.25) is 0 Å². The van der Waals surface area contributed by atoms with Gasteiger partial charge in [0.1, 0.15) is 0 Å². The van der Waals surface area contributed by atoms with E-state index in [-0.39, 0.29) is 11.8 Å². The van der Waals surface area contributed by atoms with Crippen LogP contribution < -0.4 is 0 Å². The van der Waals surface area contributed by atoms with Crippen molar-refractivity contribution in [1.82, 2.24) is 4.98 Å². The molecular weight excluding hydrogens is 308 g/mol. The van der Waals surface area contributed by atoms with E-state index in [9.17, 15) is 4.79 Å². The highest BCUT2D eigenvalue weighted by Crippen LogP contribution is 2.52. The van der Waals surface area contributed by atoms with Gasteiger partial charge in [0.15, 0.2) is 0 Å². The predicted molar refractivity (Wildman–Crippen MR) is 89.0 cm³/mol. The van der Waals surface area contributed by atoms with Crippen LogP contribution in [-0.4, -0.2) is 21.8 Å². The number of benzene rings is 1. The molecular formula is C18H16N2O2S. The Bertz CT molecular complexity index is 761. The lowest BCUT2D eigenvalue weighted by Crippen LogP contribution is -2.11. The fourth-order valence-corrected chi connectivity index (χ4v) is 3.88. The van der Waals surface area contributed by atoms with E-state index in [0.29, 0.717) is 5.56 Å². The molecule has 0 bridgehead atoms. The highest BCUT2D eigenvalue weighted by Gasteiger charge is 2.44. The van der Waals surface area contributed by atoms with Gasteiger partial charge in [0.2, 0.25) is 0 Å². The minimum Gasteiger partial charge on any atom is -0.481 e. The number of carbonyl (C=O) groups is 1. The van der Waals surface area contributed by atoms with Gasteiger partial charge in [-0.1, -0.05) is 12.1 Å². The van der Waals surface area contributed by atoms with Gasteiger partial charge >= 0.3 is 5.97 Å².